The first kappa shape index (κ1) is 19.5. The van der Waals surface area contributed by atoms with Crippen molar-refractivity contribution >= 4 is 17.6 Å². The van der Waals surface area contributed by atoms with Crippen LogP contribution in [0, 0.1) is 0 Å². The highest BCUT2D eigenvalue weighted by molar-refractivity contribution is 6.30. The van der Waals surface area contributed by atoms with Gasteiger partial charge in [0.05, 0.1) is 6.61 Å². The number of hydrogen-bond donors (Lipinski definition) is 1. The van der Waals surface area contributed by atoms with E-state index in [4.69, 9.17) is 25.8 Å². The lowest BCUT2D eigenvalue weighted by Gasteiger charge is -2.27. The van der Waals surface area contributed by atoms with E-state index in [-0.39, 0.29) is 13.4 Å². The molecule has 1 aliphatic heterocycles. The van der Waals surface area contributed by atoms with Gasteiger partial charge in [0.2, 0.25) is 5.60 Å². The first-order valence-corrected chi connectivity index (χ1v) is 9.49. The van der Waals surface area contributed by atoms with Crippen LogP contribution in [0.15, 0.2) is 72.8 Å². The Bertz CT molecular complexity index is 965. The average Bonchev–Trinajstić information content (AvgIpc) is 2.77. The lowest BCUT2D eigenvalue weighted by atomic mass is 9.86. The third kappa shape index (κ3) is 3.85. The van der Waals surface area contributed by atoms with E-state index < -0.39 is 11.6 Å². The molecule has 1 heterocycles. The quantitative estimate of drug-likeness (QED) is 0.639. The van der Waals surface area contributed by atoms with Gasteiger partial charge in [-0.1, -0.05) is 72.3 Å². The molecule has 0 radical (unpaired) electrons. The number of halogens is 1. The molecule has 4 rings (SSSR count). The maximum Gasteiger partial charge on any atom is 0.348 e. The van der Waals surface area contributed by atoms with Gasteiger partial charge in [-0.15, -0.1) is 0 Å². The van der Waals surface area contributed by atoms with E-state index in [2.05, 4.69) is 0 Å². The van der Waals surface area contributed by atoms with Crippen molar-refractivity contribution in [1.82, 2.24) is 0 Å². The molecule has 5 nitrogen and oxygen atoms in total. The van der Waals surface area contributed by atoms with E-state index in [0.717, 1.165) is 5.56 Å². The first-order valence-electron chi connectivity index (χ1n) is 9.11. The molecule has 0 atom stereocenters. The second-order valence-corrected chi connectivity index (χ2v) is 7.12. The maximum absolute atomic E-state index is 13.1. The Labute approximate surface area is 173 Å². The second-order valence-electron chi connectivity index (χ2n) is 6.68. The summed E-state index contributed by atoms with van der Waals surface area (Å²) in [6, 6.07) is 20.9. The van der Waals surface area contributed by atoms with Gasteiger partial charge in [0.15, 0.2) is 6.79 Å². The second kappa shape index (κ2) is 8.25. The van der Waals surface area contributed by atoms with Gasteiger partial charge < -0.3 is 19.3 Å². The minimum atomic E-state index is -1.94. The van der Waals surface area contributed by atoms with Crippen LogP contribution in [0.4, 0.5) is 0 Å². The summed E-state index contributed by atoms with van der Waals surface area (Å²) in [6.07, 6.45) is 0. The van der Waals surface area contributed by atoms with E-state index >= 15 is 0 Å². The van der Waals surface area contributed by atoms with E-state index in [1.807, 2.05) is 12.1 Å². The molecule has 0 amide bonds. The van der Waals surface area contributed by atoms with Crippen LogP contribution >= 0.6 is 11.6 Å². The lowest BCUT2D eigenvalue weighted by molar-refractivity contribution is -0.163. The molecule has 0 aliphatic carbocycles. The molecular formula is C23H19ClO5. The van der Waals surface area contributed by atoms with Crippen molar-refractivity contribution in [2.24, 2.45) is 0 Å². The summed E-state index contributed by atoms with van der Waals surface area (Å²) in [4.78, 5) is 13.1. The zero-order valence-electron chi connectivity index (χ0n) is 15.5. The Morgan fingerprint density at radius 3 is 2.28 bits per heavy atom. The number of ether oxygens (including phenoxy) is 3. The predicted octanol–water partition coefficient (Wildman–Crippen LogP) is 4.19. The van der Waals surface area contributed by atoms with Crippen molar-refractivity contribution in [2.75, 3.05) is 6.79 Å². The summed E-state index contributed by atoms with van der Waals surface area (Å²) >= 11 is 6.18. The Kier molecular flexibility index (Phi) is 5.53. The zero-order chi connectivity index (χ0) is 20.3. The number of carbonyl (C=O) groups is 1. The van der Waals surface area contributed by atoms with Crippen LogP contribution < -0.4 is 4.74 Å². The van der Waals surface area contributed by atoms with Crippen LogP contribution in [0.25, 0.3) is 0 Å². The van der Waals surface area contributed by atoms with E-state index in [9.17, 15) is 9.90 Å². The molecule has 148 valence electrons. The smallest absolute Gasteiger partial charge is 0.348 e. The molecule has 6 heteroatoms. The van der Waals surface area contributed by atoms with Crippen LogP contribution in [-0.2, 0) is 33.1 Å². The highest BCUT2D eigenvalue weighted by Crippen LogP contribution is 2.34. The molecule has 0 aromatic heterocycles. The SMILES string of the molecule is O=C(OCc1cc(Cl)cc2c1OCOC2)C(O)(c1ccccc1)c1ccccc1. The summed E-state index contributed by atoms with van der Waals surface area (Å²) in [5, 5.41) is 11.9. The monoisotopic (exact) mass is 410 g/mol. The molecule has 0 bridgehead atoms. The van der Waals surface area contributed by atoms with E-state index in [1.165, 1.54) is 0 Å². The number of fused-ring (bicyclic) bond motifs is 1. The molecule has 0 unspecified atom stereocenters. The van der Waals surface area contributed by atoms with Gasteiger partial charge in [-0.3, -0.25) is 0 Å². The minimum Gasteiger partial charge on any atom is -0.467 e. The molecule has 1 aliphatic rings. The number of hydrogen-bond acceptors (Lipinski definition) is 5. The normalized spacial score (nSPS) is 13.3. The standard InChI is InChI=1S/C23H19ClO5/c24-20-11-16-13-27-15-29-21(16)17(12-20)14-28-22(25)23(26,18-7-3-1-4-8-18)19-9-5-2-6-10-19/h1-12,26H,13-15H2. The molecule has 3 aromatic carbocycles. The topological polar surface area (TPSA) is 65.0 Å². The fourth-order valence-corrected chi connectivity index (χ4v) is 3.64. The van der Waals surface area contributed by atoms with Crippen molar-refractivity contribution in [3.05, 3.63) is 100 Å². The van der Waals surface area contributed by atoms with Crippen LogP contribution in [0.2, 0.25) is 5.02 Å². The van der Waals surface area contributed by atoms with Gasteiger partial charge in [-0.2, -0.15) is 0 Å². The number of benzene rings is 3. The van der Waals surface area contributed by atoms with E-state index in [1.54, 1.807) is 60.7 Å². The van der Waals surface area contributed by atoms with Gasteiger partial charge in [-0.25, -0.2) is 4.79 Å². The Morgan fingerprint density at radius 1 is 1.03 bits per heavy atom. The van der Waals surface area contributed by atoms with Crippen LogP contribution in [0.5, 0.6) is 5.75 Å². The molecular weight excluding hydrogens is 392 g/mol. The van der Waals surface area contributed by atoms with Crippen molar-refractivity contribution in [1.29, 1.82) is 0 Å². The lowest BCUT2D eigenvalue weighted by Crippen LogP contribution is -2.38. The van der Waals surface area contributed by atoms with Crippen molar-refractivity contribution in [2.45, 2.75) is 18.8 Å². The van der Waals surface area contributed by atoms with Gasteiger partial charge in [0.1, 0.15) is 12.4 Å². The Hall–Kier alpha value is -2.86. The zero-order valence-corrected chi connectivity index (χ0v) is 16.3. The molecule has 29 heavy (non-hydrogen) atoms. The third-order valence-corrected chi connectivity index (χ3v) is 5.01. The highest BCUT2D eigenvalue weighted by Gasteiger charge is 2.41. The minimum absolute atomic E-state index is 0.0935. The van der Waals surface area contributed by atoms with Crippen LogP contribution in [-0.4, -0.2) is 17.9 Å². The van der Waals surface area contributed by atoms with Crippen molar-refractivity contribution in [3.63, 3.8) is 0 Å². The molecule has 0 saturated heterocycles. The number of rotatable bonds is 5. The summed E-state index contributed by atoms with van der Waals surface area (Å²) in [6.45, 7) is 0.395. The Balaban J connectivity index is 1.65. The molecule has 1 N–H and O–H groups in total. The summed E-state index contributed by atoms with van der Waals surface area (Å²) in [5.74, 6) is -0.188. The number of carbonyl (C=O) groups excluding carboxylic acids is 1. The average molecular weight is 411 g/mol. The molecule has 0 saturated carbocycles. The van der Waals surface area contributed by atoms with Crippen LogP contribution in [0.3, 0.4) is 0 Å². The van der Waals surface area contributed by atoms with Crippen LogP contribution in [0.1, 0.15) is 22.3 Å². The summed E-state index contributed by atoms with van der Waals surface area (Å²) in [7, 11) is 0. The third-order valence-electron chi connectivity index (χ3n) is 4.79. The fourth-order valence-electron chi connectivity index (χ4n) is 3.37. The molecule has 0 fully saturated rings. The predicted molar refractivity (Wildman–Crippen MR) is 107 cm³/mol. The van der Waals surface area contributed by atoms with E-state index in [0.29, 0.717) is 34.1 Å². The van der Waals surface area contributed by atoms with Gasteiger partial charge >= 0.3 is 5.97 Å². The number of esters is 1. The van der Waals surface area contributed by atoms with Crippen molar-refractivity contribution < 1.29 is 24.1 Å². The Morgan fingerprint density at radius 2 is 1.66 bits per heavy atom. The summed E-state index contributed by atoms with van der Waals surface area (Å²) < 4.78 is 16.4. The van der Waals surface area contributed by atoms with Crippen molar-refractivity contribution in [3.8, 4) is 5.75 Å². The maximum atomic E-state index is 13.1. The number of aliphatic hydroxyl groups is 1. The molecule has 0 spiro atoms. The first-order chi connectivity index (χ1) is 14.1. The highest BCUT2D eigenvalue weighted by atomic mass is 35.5. The molecule has 3 aromatic rings. The van der Waals surface area contributed by atoms with Gasteiger partial charge in [0.25, 0.3) is 0 Å². The summed E-state index contributed by atoms with van der Waals surface area (Å²) in [5.41, 5.74) is 0.317. The van der Waals surface area contributed by atoms with Gasteiger partial charge in [-0.05, 0) is 23.3 Å². The van der Waals surface area contributed by atoms with Gasteiger partial charge in [0, 0.05) is 16.1 Å². The fraction of sp³-hybridized carbons (Fsp3) is 0.174. The largest absolute Gasteiger partial charge is 0.467 e.